The van der Waals surface area contributed by atoms with Crippen molar-refractivity contribution in [2.24, 2.45) is 5.92 Å². The van der Waals surface area contributed by atoms with Crippen LogP contribution in [0.5, 0.6) is 0 Å². The lowest BCUT2D eigenvalue weighted by molar-refractivity contribution is -0.137. The molecule has 1 amide bonds. The highest BCUT2D eigenvalue weighted by Gasteiger charge is 2.19. The molecule has 6 nitrogen and oxygen atoms in total. The molecule has 0 spiro atoms. The Hall–Kier alpha value is -2.63. The largest absolute Gasteiger partial charge is 0.480 e. The van der Waals surface area contributed by atoms with E-state index in [1.165, 1.54) is 4.90 Å². The molecule has 0 aliphatic carbocycles. The number of amides is 1. The van der Waals surface area contributed by atoms with Gasteiger partial charge in [0.1, 0.15) is 6.54 Å². The van der Waals surface area contributed by atoms with Gasteiger partial charge in [0.15, 0.2) is 0 Å². The van der Waals surface area contributed by atoms with Gasteiger partial charge in [0.25, 0.3) is 5.91 Å². The zero-order valence-corrected chi connectivity index (χ0v) is 12.6. The van der Waals surface area contributed by atoms with Crippen LogP contribution in [0, 0.1) is 5.92 Å². The lowest BCUT2D eigenvalue weighted by Gasteiger charge is -2.22. The molecule has 2 rings (SSSR count). The minimum atomic E-state index is -1.01. The summed E-state index contributed by atoms with van der Waals surface area (Å²) in [5.74, 6) is -1.09. The lowest BCUT2D eigenvalue weighted by atomic mass is 10.1. The summed E-state index contributed by atoms with van der Waals surface area (Å²) in [5, 5.41) is 13.1. The van der Waals surface area contributed by atoms with Crippen LogP contribution in [-0.2, 0) is 4.79 Å². The number of rotatable bonds is 6. The molecule has 0 aliphatic heterocycles. The summed E-state index contributed by atoms with van der Waals surface area (Å²) in [6, 6.07) is 8.77. The van der Waals surface area contributed by atoms with Gasteiger partial charge in [-0.15, -0.1) is 0 Å². The first-order valence-electron chi connectivity index (χ1n) is 7.08. The average Bonchev–Trinajstić information content (AvgIpc) is 2.99. The molecule has 0 saturated heterocycles. The molecule has 1 heterocycles. The fourth-order valence-corrected chi connectivity index (χ4v) is 2.18. The van der Waals surface area contributed by atoms with Crippen molar-refractivity contribution in [3.05, 3.63) is 48.3 Å². The quantitative estimate of drug-likeness (QED) is 0.886. The number of carbonyl (C=O) groups excluding carboxylic acids is 1. The predicted octanol–water partition coefficient (Wildman–Crippen LogP) is 2.06. The van der Waals surface area contributed by atoms with Gasteiger partial charge in [0.2, 0.25) is 0 Å². The lowest BCUT2D eigenvalue weighted by Crippen LogP contribution is -2.38. The van der Waals surface area contributed by atoms with Crippen LogP contribution in [0.3, 0.4) is 0 Å². The maximum atomic E-state index is 12.5. The first kappa shape index (κ1) is 15.8. The second-order valence-electron chi connectivity index (χ2n) is 5.47. The monoisotopic (exact) mass is 301 g/mol. The molecule has 0 bridgehead atoms. The highest BCUT2D eigenvalue weighted by atomic mass is 16.4. The molecular weight excluding hydrogens is 282 g/mol. The van der Waals surface area contributed by atoms with Crippen molar-refractivity contribution in [1.29, 1.82) is 0 Å². The SMILES string of the molecule is CC(C)CN(CC(=O)O)C(=O)c1ccc(-n2cccn2)cc1. The molecule has 2 aromatic rings. The molecule has 1 aromatic carbocycles. The van der Waals surface area contributed by atoms with Gasteiger partial charge in [0.05, 0.1) is 5.69 Å². The van der Waals surface area contributed by atoms with E-state index in [1.807, 2.05) is 26.1 Å². The molecule has 0 aliphatic rings. The number of benzene rings is 1. The average molecular weight is 301 g/mol. The van der Waals surface area contributed by atoms with E-state index in [2.05, 4.69) is 5.10 Å². The van der Waals surface area contributed by atoms with E-state index in [0.717, 1.165) is 5.69 Å². The molecular formula is C16H19N3O3. The van der Waals surface area contributed by atoms with Crippen molar-refractivity contribution >= 4 is 11.9 Å². The second-order valence-corrected chi connectivity index (χ2v) is 5.47. The Morgan fingerprint density at radius 1 is 1.27 bits per heavy atom. The van der Waals surface area contributed by atoms with Gasteiger partial charge >= 0.3 is 5.97 Å². The molecule has 0 radical (unpaired) electrons. The molecule has 116 valence electrons. The number of carboxylic acid groups (broad SMARTS) is 1. The first-order chi connectivity index (χ1) is 10.5. The molecule has 0 fully saturated rings. The van der Waals surface area contributed by atoms with Gasteiger partial charge in [-0.2, -0.15) is 5.10 Å². The molecule has 0 unspecified atom stereocenters. The standard InChI is InChI=1S/C16H19N3O3/c1-12(2)10-18(11-15(20)21)16(22)13-4-6-14(7-5-13)19-9-3-8-17-19/h3-9,12H,10-11H2,1-2H3,(H,20,21). The Morgan fingerprint density at radius 2 is 1.95 bits per heavy atom. The van der Waals surface area contributed by atoms with E-state index in [0.29, 0.717) is 12.1 Å². The summed E-state index contributed by atoms with van der Waals surface area (Å²) < 4.78 is 1.69. The van der Waals surface area contributed by atoms with Crippen molar-refractivity contribution in [3.8, 4) is 5.69 Å². The van der Waals surface area contributed by atoms with Crippen molar-refractivity contribution < 1.29 is 14.7 Å². The number of hydrogen-bond donors (Lipinski definition) is 1. The zero-order chi connectivity index (χ0) is 16.1. The van der Waals surface area contributed by atoms with Gasteiger partial charge in [-0.1, -0.05) is 13.8 Å². The van der Waals surface area contributed by atoms with E-state index in [1.54, 1.807) is 35.1 Å². The van der Waals surface area contributed by atoms with Gasteiger partial charge < -0.3 is 10.0 Å². The third-order valence-corrected chi connectivity index (χ3v) is 3.08. The van der Waals surface area contributed by atoms with Crippen LogP contribution in [-0.4, -0.2) is 44.8 Å². The van der Waals surface area contributed by atoms with Crippen LogP contribution >= 0.6 is 0 Å². The van der Waals surface area contributed by atoms with Crippen LogP contribution < -0.4 is 0 Å². The summed E-state index contributed by atoms with van der Waals surface area (Å²) in [5.41, 5.74) is 1.31. The highest BCUT2D eigenvalue weighted by Crippen LogP contribution is 2.12. The molecule has 0 atom stereocenters. The van der Waals surface area contributed by atoms with Gasteiger partial charge in [-0.05, 0) is 36.2 Å². The molecule has 6 heteroatoms. The fourth-order valence-electron chi connectivity index (χ4n) is 2.18. The minimum Gasteiger partial charge on any atom is -0.480 e. The topological polar surface area (TPSA) is 75.4 Å². The Bertz CT molecular complexity index is 633. The zero-order valence-electron chi connectivity index (χ0n) is 12.6. The Morgan fingerprint density at radius 3 is 2.45 bits per heavy atom. The summed E-state index contributed by atoms with van der Waals surface area (Å²) in [6.07, 6.45) is 3.49. The maximum Gasteiger partial charge on any atom is 0.323 e. The van der Waals surface area contributed by atoms with Crippen LogP contribution in [0.25, 0.3) is 5.69 Å². The van der Waals surface area contributed by atoms with E-state index < -0.39 is 5.97 Å². The van der Waals surface area contributed by atoms with E-state index in [9.17, 15) is 9.59 Å². The molecule has 22 heavy (non-hydrogen) atoms. The summed E-state index contributed by atoms with van der Waals surface area (Å²) in [7, 11) is 0. The van der Waals surface area contributed by atoms with Gasteiger partial charge in [-0.25, -0.2) is 4.68 Å². The summed E-state index contributed by atoms with van der Waals surface area (Å²) in [6.45, 7) is 4.01. The number of aromatic nitrogens is 2. The first-order valence-corrected chi connectivity index (χ1v) is 7.08. The Balaban J connectivity index is 2.17. The van der Waals surface area contributed by atoms with E-state index >= 15 is 0 Å². The van der Waals surface area contributed by atoms with Crippen LogP contribution in [0.15, 0.2) is 42.7 Å². The van der Waals surface area contributed by atoms with Crippen molar-refractivity contribution in [2.45, 2.75) is 13.8 Å². The smallest absolute Gasteiger partial charge is 0.323 e. The molecule has 1 aromatic heterocycles. The van der Waals surface area contributed by atoms with Crippen molar-refractivity contribution in [2.75, 3.05) is 13.1 Å². The third kappa shape index (κ3) is 3.94. The van der Waals surface area contributed by atoms with Crippen LogP contribution in [0.2, 0.25) is 0 Å². The van der Waals surface area contributed by atoms with Crippen molar-refractivity contribution in [1.82, 2.24) is 14.7 Å². The Labute approximate surface area is 129 Å². The normalized spacial score (nSPS) is 10.7. The second kappa shape index (κ2) is 6.89. The number of hydrogen-bond acceptors (Lipinski definition) is 3. The number of carbonyl (C=O) groups is 2. The summed E-state index contributed by atoms with van der Waals surface area (Å²) in [4.78, 5) is 24.7. The van der Waals surface area contributed by atoms with E-state index in [4.69, 9.17) is 5.11 Å². The molecule has 1 N–H and O–H groups in total. The van der Waals surface area contributed by atoms with Crippen molar-refractivity contribution in [3.63, 3.8) is 0 Å². The number of nitrogens with zero attached hydrogens (tertiary/aromatic N) is 3. The maximum absolute atomic E-state index is 12.5. The van der Waals surface area contributed by atoms with Gasteiger partial charge in [-0.3, -0.25) is 9.59 Å². The highest BCUT2D eigenvalue weighted by molar-refractivity contribution is 5.96. The van der Waals surface area contributed by atoms with Crippen LogP contribution in [0.4, 0.5) is 0 Å². The third-order valence-electron chi connectivity index (χ3n) is 3.08. The minimum absolute atomic E-state index is 0.201. The van der Waals surface area contributed by atoms with Gasteiger partial charge in [0, 0.05) is 24.5 Å². The van der Waals surface area contributed by atoms with E-state index in [-0.39, 0.29) is 18.4 Å². The summed E-state index contributed by atoms with van der Waals surface area (Å²) >= 11 is 0. The number of aliphatic carboxylic acids is 1. The fraction of sp³-hybridized carbons (Fsp3) is 0.312. The number of carboxylic acids is 1. The Kier molecular flexibility index (Phi) is 4.93. The molecule has 0 saturated carbocycles. The predicted molar refractivity (Wildman–Crippen MR) is 81.9 cm³/mol. The van der Waals surface area contributed by atoms with Crippen LogP contribution in [0.1, 0.15) is 24.2 Å².